The number of likely N-dealkylation sites (tertiary alicyclic amines) is 1. The molecule has 7 heteroatoms. The summed E-state index contributed by atoms with van der Waals surface area (Å²) in [7, 11) is 5.15. The van der Waals surface area contributed by atoms with Crippen LogP contribution in [0.25, 0.3) is 22.3 Å². The fourth-order valence-electron chi connectivity index (χ4n) is 4.29. The second kappa shape index (κ2) is 8.91. The standard InChI is InChI=1S/C24H27ClN2O4/c1-27-8-6-15(7-9-27)17-10-14(13-26)11-18-21(28)24(30-3)22(31-23(17)18)16-4-5-20(29-2)19(25)12-16/h4-5,10-12,15H,6-9,13,26H2,1-3H3. The average Bonchev–Trinajstić information content (AvgIpc) is 2.79. The Balaban J connectivity index is 1.97. The molecule has 0 atom stereocenters. The second-order valence-electron chi connectivity index (χ2n) is 7.99. The molecule has 0 amide bonds. The van der Waals surface area contributed by atoms with Crippen LogP contribution in [0.5, 0.6) is 11.5 Å². The Morgan fingerprint density at radius 3 is 2.52 bits per heavy atom. The third kappa shape index (κ3) is 4.03. The number of piperidine rings is 1. The Morgan fingerprint density at radius 2 is 1.90 bits per heavy atom. The molecule has 4 rings (SSSR count). The molecule has 0 aliphatic carbocycles. The zero-order valence-electron chi connectivity index (χ0n) is 18.0. The summed E-state index contributed by atoms with van der Waals surface area (Å²) < 4.78 is 17.1. The minimum atomic E-state index is -0.213. The Kier molecular flexibility index (Phi) is 6.23. The molecule has 2 aromatic carbocycles. The second-order valence-corrected chi connectivity index (χ2v) is 8.39. The highest BCUT2D eigenvalue weighted by Crippen LogP contribution is 2.39. The van der Waals surface area contributed by atoms with Crippen LogP contribution in [0.15, 0.2) is 39.5 Å². The Hall–Kier alpha value is -2.54. The number of ether oxygens (including phenoxy) is 2. The lowest BCUT2D eigenvalue weighted by Crippen LogP contribution is -2.29. The highest BCUT2D eigenvalue weighted by atomic mass is 35.5. The van der Waals surface area contributed by atoms with Crippen molar-refractivity contribution >= 4 is 22.6 Å². The van der Waals surface area contributed by atoms with Crippen LogP contribution in [0.3, 0.4) is 0 Å². The Morgan fingerprint density at radius 1 is 1.16 bits per heavy atom. The van der Waals surface area contributed by atoms with Crippen molar-refractivity contribution in [2.45, 2.75) is 25.3 Å². The quantitative estimate of drug-likeness (QED) is 0.631. The molecule has 31 heavy (non-hydrogen) atoms. The number of fused-ring (bicyclic) bond motifs is 1. The summed E-state index contributed by atoms with van der Waals surface area (Å²) in [6.07, 6.45) is 2.00. The lowest BCUT2D eigenvalue weighted by molar-refractivity contribution is 0.255. The van der Waals surface area contributed by atoms with Gasteiger partial charge in [-0.15, -0.1) is 0 Å². The molecule has 6 nitrogen and oxygen atoms in total. The molecule has 2 N–H and O–H groups in total. The van der Waals surface area contributed by atoms with Crippen LogP contribution in [-0.4, -0.2) is 39.3 Å². The van der Waals surface area contributed by atoms with Gasteiger partial charge < -0.3 is 24.5 Å². The van der Waals surface area contributed by atoms with Crippen molar-refractivity contribution in [3.63, 3.8) is 0 Å². The lowest BCUT2D eigenvalue weighted by atomic mass is 9.87. The summed E-state index contributed by atoms with van der Waals surface area (Å²) in [5, 5.41) is 0.927. The third-order valence-corrected chi connectivity index (χ3v) is 6.35. The van der Waals surface area contributed by atoms with Crippen LogP contribution in [-0.2, 0) is 6.54 Å². The van der Waals surface area contributed by atoms with Crippen LogP contribution < -0.4 is 20.6 Å². The molecular weight excluding hydrogens is 416 g/mol. The van der Waals surface area contributed by atoms with Crippen molar-refractivity contribution in [2.24, 2.45) is 5.73 Å². The van der Waals surface area contributed by atoms with Gasteiger partial charge in [0.15, 0.2) is 5.76 Å². The van der Waals surface area contributed by atoms with Crippen LogP contribution in [0.1, 0.15) is 29.9 Å². The summed E-state index contributed by atoms with van der Waals surface area (Å²) in [4.78, 5) is 15.7. The Labute approximate surface area is 186 Å². The van der Waals surface area contributed by atoms with E-state index in [4.69, 9.17) is 31.2 Å². The molecule has 0 spiro atoms. The van der Waals surface area contributed by atoms with Gasteiger partial charge in [-0.05, 0) is 74.3 Å². The highest BCUT2D eigenvalue weighted by Gasteiger charge is 2.25. The van der Waals surface area contributed by atoms with Crippen LogP contribution in [0.4, 0.5) is 0 Å². The first-order valence-electron chi connectivity index (χ1n) is 10.4. The molecule has 164 valence electrons. The van der Waals surface area contributed by atoms with Gasteiger partial charge in [-0.2, -0.15) is 0 Å². The van der Waals surface area contributed by atoms with Gasteiger partial charge in [-0.25, -0.2) is 0 Å². The largest absolute Gasteiger partial charge is 0.495 e. The van der Waals surface area contributed by atoms with Crippen molar-refractivity contribution in [3.05, 3.63) is 56.7 Å². The van der Waals surface area contributed by atoms with E-state index in [1.165, 1.54) is 7.11 Å². The van der Waals surface area contributed by atoms with Crippen molar-refractivity contribution < 1.29 is 13.9 Å². The van der Waals surface area contributed by atoms with E-state index in [9.17, 15) is 4.79 Å². The normalized spacial score (nSPS) is 15.4. The molecule has 1 aliphatic heterocycles. The molecule has 0 saturated carbocycles. The van der Waals surface area contributed by atoms with Gasteiger partial charge in [0.2, 0.25) is 11.2 Å². The maximum absolute atomic E-state index is 13.4. The van der Waals surface area contributed by atoms with Gasteiger partial charge in [-0.1, -0.05) is 17.7 Å². The topological polar surface area (TPSA) is 77.9 Å². The number of rotatable bonds is 5. The number of hydrogen-bond donors (Lipinski definition) is 1. The van der Waals surface area contributed by atoms with Gasteiger partial charge in [0.25, 0.3) is 0 Å². The maximum Gasteiger partial charge on any atom is 0.235 e. The first kappa shape index (κ1) is 21.7. The number of nitrogens with zero attached hydrogens (tertiary/aromatic N) is 1. The van der Waals surface area contributed by atoms with Crippen molar-refractivity contribution in [1.29, 1.82) is 0 Å². The average molecular weight is 443 g/mol. The molecule has 1 saturated heterocycles. The minimum Gasteiger partial charge on any atom is -0.495 e. The SMILES string of the molecule is COc1ccc(-c2oc3c(C4CCN(C)CC4)cc(CN)cc3c(=O)c2OC)cc1Cl. The number of benzene rings is 2. The molecule has 0 unspecified atom stereocenters. The first-order chi connectivity index (χ1) is 15.0. The molecular formula is C24H27ClN2O4. The number of hydrogen-bond acceptors (Lipinski definition) is 6. The zero-order valence-corrected chi connectivity index (χ0v) is 18.8. The van der Waals surface area contributed by atoms with Gasteiger partial charge in [-0.3, -0.25) is 4.79 Å². The molecule has 2 heterocycles. The van der Waals surface area contributed by atoms with Gasteiger partial charge in [0.1, 0.15) is 11.3 Å². The van der Waals surface area contributed by atoms with Gasteiger partial charge in [0, 0.05) is 12.1 Å². The van der Waals surface area contributed by atoms with Gasteiger partial charge in [0.05, 0.1) is 24.6 Å². The van der Waals surface area contributed by atoms with E-state index in [1.807, 2.05) is 6.07 Å². The number of methoxy groups -OCH3 is 2. The van der Waals surface area contributed by atoms with E-state index in [0.717, 1.165) is 37.1 Å². The van der Waals surface area contributed by atoms with E-state index in [2.05, 4.69) is 18.0 Å². The van der Waals surface area contributed by atoms with Crippen LogP contribution in [0.2, 0.25) is 5.02 Å². The monoisotopic (exact) mass is 442 g/mol. The smallest absolute Gasteiger partial charge is 0.235 e. The predicted octanol–water partition coefficient (Wildman–Crippen LogP) is 4.40. The van der Waals surface area contributed by atoms with Crippen LogP contribution >= 0.6 is 11.6 Å². The molecule has 0 bridgehead atoms. The predicted molar refractivity (Wildman–Crippen MR) is 123 cm³/mol. The van der Waals surface area contributed by atoms with Crippen LogP contribution in [0, 0.1) is 0 Å². The molecule has 1 aliphatic rings. The molecule has 3 aromatic rings. The summed E-state index contributed by atoms with van der Waals surface area (Å²) in [5.41, 5.74) is 8.93. The van der Waals surface area contributed by atoms with Crippen molar-refractivity contribution in [2.75, 3.05) is 34.4 Å². The Bertz CT molecular complexity index is 1170. The fourth-order valence-corrected chi connectivity index (χ4v) is 4.55. The summed E-state index contributed by atoms with van der Waals surface area (Å²) in [5.74, 6) is 1.36. The summed E-state index contributed by atoms with van der Waals surface area (Å²) in [6, 6.07) is 9.17. The maximum atomic E-state index is 13.4. The zero-order chi connectivity index (χ0) is 22.1. The third-order valence-electron chi connectivity index (χ3n) is 6.05. The van der Waals surface area contributed by atoms with Crippen molar-refractivity contribution in [3.8, 4) is 22.8 Å². The molecule has 0 radical (unpaired) electrons. The van der Waals surface area contributed by atoms with E-state index in [-0.39, 0.29) is 11.2 Å². The minimum absolute atomic E-state index is 0.150. The van der Waals surface area contributed by atoms with E-state index in [0.29, 0.717) is 45.5 Å². The lowest BCUT2D eigenvalue weighted by Gasteiger charge is -2.29. The fraction of sp³-hybridized carbons (Fsp3) is 0.375. The molecule has 1 aromatic heterocycles. The van der Waals surface area contributed by atoms with E-state index < -0.39 is 0 Å². The highest BCUT2D eigenvalue weighted by molar-refractivity contribution is 6.32. The van der Waals surface area contributed by atoms with E-state index >= 15 is 0 Å². The molecule has 1 fully saturated rings. The van der Waals surface area contributed by atoms with E-state index in [1.54, 1.807) is 25.3 Å². The summed E-state index contributed by atoms with van der Waals surface area (Å²) >= 11 is 6.34. The van der Waals surface area contributed by atoms with Crippen molar-refractivity contribution in [1.82, 2.24) is 4.90 Å². The first-order valence-corrected chi connectivity index (χ1v) is 10.7. The summed E-state index contributed by atoms with van der Waals surface area (Å²) in [6.45, 7) is 2.36. The number of nitrogens with two attached hydrogens (primary N) is 1. The number of halogens is 1. The van der Waals surface area contributed by atoms with Gasteiger partial charge >= 0.3 is 0 Å².